The Hall–Kier alpha value is -1.23. The molecule has 0 unspecified atom stereocenters. The van der Waals surface area contributed by atoms with Gasteiger partial charge in [-0.2, -0.15) is 0 Å². The molecular weight excluding hydrogens is 152 g/mol. The fourth-order valence-electron chi connectivity index (χ4n) is 0.518. The molecule has 0 radical (unpaired) electrons. The van der Waals surface area contributed by atoms with Gasteiger partial charge < -0.3 is 5.41 Å². The van der Waals surface area contributed by atoms with Crippen LogP contribution in [0.5, 0.6) is 0 Å². The molecule has 0 bridgehead atoms. The SMILES string of the molecule is N=Cc1ccc([N+](=O)[O-])s1. The van der Waals surface area contributed by atoms with Gasteiger partial charge in [-0.25, -0.2) is 0 Å². The Labute approximate surface area is 60.8 Å². The lowest BCUT2D eigenvalue weighted by Crippen LogP contribution is -1.80. The summed E-state index contributed by atoms with van der Waals surface area (Å²) >= 11 is 0.999. The van der Waals surface area contributed by atoms with Crippen molar-refractivity contribution < 1.29 is 4.92 Å². The van der Waals surface area contributed by atoms with Crippen LogP contribution in [0.25, 0.3) is 0 Å². The van der Waals surface area contributed by atoms with Crippen LogP contribution in [0.1, 0.15) is 4.88 Å². The van der Waals surface area contributed by atoms with Crippen LogP contribution < -0.4 is 0 Å². The van der Waals surface area contributed by atoms with E-state index in [1.165, 1.54) is 6.07 Å². The zero-order valence-electron chi connectivity index (χ0n) is 4.90. The van der Waals surface area contributed by atoms with Gasteiger partial charge in [-0.1, -0.05) is 11.3 Å². The lowest BCUT2D eigenvalue weighted by molar-refractivity contribution is -0.380. The number of thiophene rings is 1. The highest BCUT2D eigenvalue weighted by atomic mass is 32.1. The third-order valence-electron chi connectivity index (χ3n) is 0.935. The van der Waals surface area contributed by atoms with E-state index in [1.54, 1.807) is 6.07 Å². The van der Waals surface area contributed by atoms with Gasteiger partial charge in [-0.05, 0) is 6.07 Å². The van der Waals surface area contributed by atoms with Gasteiger partial charge in [-0.3, -0.25) is 10.1 Å². The standard InChI is InChI=1S/C5H4N2O2S/c6-3-4-1-2-5(10-4)7(8)9/h1-3,6H. The fraction of sp³-hybridized carbons (Fsp3) is 0. The van der Waals surface area contributed by atoms with E-state index in [-0.39, 0.29) is 5.00 Å². The molecule has 1 aromatic heterocycles. The first-order valence-corrected chi connectivity index (χ1v) is 3.30. The molecule has 0 aliphatic rings. The van der Waals surface area contributed by atoms with Gasteiger partial charge >= 0.3 is 5.00 Å². The molecule has 4 nitrogen and oxygen atoms in total. The number of nitro groups is 1. The molecular formula is C5H4N2O2S. The molecule has 0 amide bonds. The quantitative estimate of drug-likeness (QED) is 0.402. The minimum atomic E-state index is -0.461. The molecule has 1 rings (SSSR count). The summed E-state index contributed by atoms with van der Waals surface area (Å²) in [6.45, 7) is 0. The smallest absolute Gasteiger partial charge is 0.307 e. The first-order valence-electron chi connectivity index (χ1n) is 2.49. The van der Waals surface area contributed by atoms with Crippen LogP contribution in [-0.2, 0) is 0 Å². The van der Waals surface area contributed by atoms with Crippen LogP contribution in [0, 0.1) is 15.5 Å². The zero-order valence-corrected chi connectivity index (χ0v) is 5.72. The number of nitrogens with one attached hydrogen (secondary N) is 1. The molecule has 0 fully saturated rings. The number of hydrogen-bond acceptors (Lipinski definition) is 4. The molecule has 0 atom stereocenters. The largest absolute Gasteiger partial charge is 0.324 e. The average molecular weight is 156 g/mol. The predicted molar refractivity (Wildman–Crippen MR) is 38.9 cm³/mol. The summed E-state index contributed by atoms with van der Waals surface area (Å²) in [4.78, 5) is 10.2. The summed E-state index contributed by atoms with van der Waals surface area (Å²) in [6, 6.07) is 2.95. The van der Waals surface area contributed by atoms with Gasteiger partial charge in [0.25, 0.3) is 0 Å². The summed E-state index contributed by atoms with van der Waals surface area (Å²) in [7, 11) is 0. The van der Waals surface area contributed by atoms with Crippen molar-refractivity contribution in [3.63, 3.8) is 0 Å². The lowest BCUT2D eigenvalue weighted by Gasteiger charge is -1.78. The minimum Gasteiger partial charge on any atom is -0.307 e. The van der Waals surface area contributed by atoms with Crippen LogP contribution in [0.15, 0.2) is 12.1 Å². The maximum absolute atomic E-state index is 10.1. The molecule has 10 heavy (non-hydrogen) atoms. The van der Waals surface area contributed by atoms with Crippen LogP contribution in [0.3, 0.4) is 0 Å². The Morgan fingerprint density at radius 1 is 1.70 bits per heavy atom. The molecule has 1 heterocycles. The first kappa shape index (κ1) is 6.88. The summed E-state index contributed by atoms with van der Waals surface area (Å²) < 4.78 is 0. The monoisotopic (exact) mass is 156 g/mol. The average Bonchev–Trinajstić information content (AvgIpc) is 2.34. The second kappa shape index (κ2) is 2.57. The van der Waals surface area contributed by atoms with E-state index in [0.29, 0.717) is 4.88 Å². The minimum absolute atomic E-state index is 0.0819. The van der Waals surface area contributed by atoms with Gasteiger partial charge in [0.05, 0.1) is 9.80 Å². The maximum Gasteiger partial charge on any atom is 0.324 e. The number of nitrogens with zero attached hydrogens (tertiary/aromatic N) is 1. The lowest BCUT2D eigenvalue weighted by atomic mass is 10.5. The van der Waals surface area contributed by atoms with Crippen molar-refractivity contribution in [3.8, 4) is 0 Å². The van der Waals surface area contributed by atoms with E-state index in [9.17, 15) is 10.1 Å². The number of hydrogen-bond donors (Lipinski definition) is 1. The summed E-state index contributed by atoms with van der Waals surface area (Å²) in [5, 5.41) is 16.9. The fourth-order valence-corrected chi connectivity index (χ4v) is 1.17. The van der Waals surface area contributed by atoms with Crippen LogP contribution in [-0.4, -0.2) is 11.1 Å². The first-order chi connectivity index (χ1) is 4.74. The van der Waals surface area contributed by atoms with Crippen LogP contribution in [0.4, 0.5) is 5.00 Å². The Kier molecular flexibility index (Phi) is 1.77. The van der Waals surface area contributed by atoms with Crippen molar-refractivity contribution in [2.24, 2.45) is 0 Å². The van der Waals surface area contributed by atoms with E-state index in [2.05, 4.69) is 0 Å². The van der Waals surface area contributed by atoms with Gasteiger partial charge in [0.1, 0.15) is 0 Å². The van der Waals surface area contributed by atoms with E-state index >= 15 is 0 Å². The van der Waals surface area contributed by atoms with E-state index in [0.717, 1.165) is 17.6 Å². The zero-order chi connectivity index (χ0) is 7.56. The highest BCUT2D eigenvalue weighted by Crippen LogP contribution is 2.21. The molecule has 52 valence electrons. The van der Waals surface area contributed by atoms with Crippen molar-refractivity contribution in [2.75, 3.05) is 0 Å². The summed E-state index contributed by atoms with van der Waals surface area (Å²) in [5.41, 5.74) is 0. The second-order valence-electron chi connectivity index (χ2n) is 1.58. The Balaban J connectivity index is 2.98. The van der Waals surface area contributed by atoms with Gasteiger partial charge in [0, 0.05) is 12.3 Å². The van der Waals surface area contributed by atoms with Crippen molar-refractivity contribution in [1.82, 2.24) is 0 Å². The second-order valence-corrected chi connectivity index (χ2v) is 2.67. The molecule has 1 N–H and O–H groups in total. The molecule has 0 aromatic carbocycles. The Morgan fingerprint density at radius 2 is 2.40 bits per heavy atom. The van der Waals surface area contributed by atoms with E-state index in [1.807, 2.05) is 0 Å². The normalized spacial score (nSPS) is 9.20. The molecule has 0 aliphatic heterocycles. The Morgan fingerprint density at radius 3 is 2.70 bits per heavy atom. The van der Waals surface area contributed by atoms with Gasteiger partial charge in [0.15, 0.2) is 0 Å². The Bertz CT molecular complexity index is 268. The van der Waals surface area contributed by atoms with Crippen LogP contribution >= 0.6 is 11.3 Å². The topological polar surface area (TPSA) is 67.0 Å². The predicted octanol–water partition coefficient (Wildman–Crippen LogP) is 1.65. The third kappa shape index (κ3) is 1.19. The van der Waals surface area contributed by atoms with E-state index in [4.69, 9.17) is 5.41 Å². The maximum atomic E-state index is 10.1. The molecule has 0 aliphatic carbocycles. The molecule has 0 spiro atoms. The van der Waals surface area contributed by atoms with Crippen molar-refractivity contribution in [2.45, 2.75) is 0 Å². The molecule has 0 saturated heterocycles. The highest BCUT2D eigenvalue weighted by Gasteiger charge is 2.06. The van der Waals surface area contributed by atoms with Crippen molar-refractivity contribution in [1.29, 1.82) is 5.41 Å². The van der Waals surface area contributed by atoms with Gasteiger partial charge in [0.2, 0.25) is 0 Å². The number of rotatable bonds is 2. The molecule has 0 saturated carbocycles. The highest BCUT2D eigenvalue weighted by molar-refractivity contribution is 7.16. The summed E-state index contributed by atoms with van der Waals surface area (Å²) in [5.74, 6) is 0. The van der Waals surface area contributed by atoms with Gasteiger partial charge in [-0.15, -0.1) is 0 Å². The van der Waals surface area contributed by atoms with Crippen LogP contribution in [0.2, 0.25) is 0 Å². The molecule has 5 heteroatoms. The molecule has 1 aromatic rings. The van der Waals surface area contributed by atoms with Crippen molar-refractivity contribution >= 4 is 22.6 Å². The summed E-state index contributed by atoms with van der Waals surface area (Å²) in [6.07, 6.45) is 1.09. The van der Waals surface area contributed by atoms with Crippen molar-refractivity contribution in [3.05, 3.63) is 27.1 Å². The third-order valence-corrected chi connectivity index (χ3v) is 1.92. The van der Waals surface area contributed by atoms with E-state index < -0.39 is 4.92 Å².